The summed E-state index contributed by atoms with van der Waals surface area (Å²) < 4.78 is 26.1. The second-order valence-corrected chi connectivity index (χ2v) is 9.33. The van der Waals surface area contributed by atoms with Crippen molar-refractivity contribution in [2.75, 3.05) is 5.32 Å². The number of carbonyl (C=O) groups is 1. The Morgan fingerprint density at radius 1 is 1.06 bits per heavy atom. The molecule has 0 saturated heterocycles. The number of sulfone groups is 1. The first kappa shape index (κ1) is 19.3. The summed E-state index contributed by atoms with van der Waals surface area (Å²) in [6.07, 6.45) is 3.57. The van der Waals surface area contributed by atoms with Gasteiger partial charge >= 0.3 is 0 Å². The van der Waals surface area contributed by atoms with Gasteiger partial charge in [-0.25, -0.2) is 13.4 Å². The molecule has 154 valence electrons. The molecule has 4 aromatic rings. The van der Waals surface area contributed by atoms with E-state index in [1.807, 2.05) is 60.0 Å². The number of carbonyl (C=O) groups excluding carboxylic acids is 1. The van der Waals surface area contributed by atoms with E-state index >= 15 is 0 Å². The van der Waals surface area contributed by atoms with Crippen molar-refractivity contribution >= 4 is 33.2 Å². The lowest BCUT2D eigenvalue weighted by Gasteiger charge is -2.09. The third-order valence-electron chi connectivity index (χ3n) is 5.29. The molecule has 0 bridgehead atoms. The summed E-state index contributed by atoms with van der Waals surface area (Å²) in [5, 5.41) is 4.01. The number of hydrogen-bond donors (Lipinski definition) is 1. The minimum absolute atomic E-state index is 0.0938. The molecule has 6 nitrogen and oxygen atoms in total. The van der Waals surface area contributed by atoms with Gasteiger partial charge in [0.15, 0.2) is 0 Å². The van der Waals surface area contributed by atoms with Gasteiger partial charge in [0.1, 0.15) is 5.65 Å². The number of aromatic nitrogens is 2. The number of nitrogens with one attached hydrogen (secondary N) is 1. The molecular weight excluding hydrogens is 410 g/mol. The van der Waals surface area contributed by atoms with Crippen LogP contribution in [0, 0.1) is 6.92 Å². The molecule has 1 aliphatic heterocycles. The van der Waals surface area contributed by atoms with E-state index in [0.29, 0.717) is 11.3 Å². The summed E-state index contributed by atoms with van der Waals surface area (Å²) in [7, 11) is -3.44. The number of fused-ring (bicyclic) bond motifs is 2. The SMILES string of the molecule is Cc1ccn2c(CC(=O)Nc3ccc4c(c3)S(=O)(=O)C=C4)c(-c3ccccc3)nc2c1. The number of amides is 1. The van der Waals surface area contributed by atoms with E-state index in [0.717, 1.165) is 28.2 Å². The highest BCUT2D eigenvalue weighted by molar-refractivity contribution is 7.94. The predicted molar refractivity (Wildman–Crippen MR) is 120 cm³/mol. The topological polar surface area (TPSA) is 80.5 Å². The van der Waals surface area contributed by atoms with Crippen LogP contribution in [0.5, 0.6) is 0 Å². The minimum atomic E-state index is -3.44. The molecule has 1 N–H and O–H groups in total. The van der Waals surface area contributed by atoms with E-state index in [4.69, 9.17) is 4.98 Å². The third kappa shape index (κ3) is 3.53. The van der Waals surface area contributed by atoms with E-state index in [1.165, 1.54) is 11.5 Å². The number of benzene rings is 2. The second-order valence-electron chi connectivity index (χ2n) is 7.53. The summed E-state index contributed by atoms with van der Waals surface area (Å²) in [6.45, 7) is 2.00. The molecule has 0 radical (unpaired) electrons. The van der Waals surface area contributed by atoms with Gasteiger partial charge in [0, 0.05) is 22.9 Å². The van der Waals surface area contributed by atoms with E-state index < -0.39 is 9.84 Å². The van der Waals surface area contributed by atoms with Crippen LogP contribution in [-0.4, -0.2) is 23.7 Å². The Hall–Kier alpha value is -3.71. The van der Waals surface area contributed by atoms with Crippen molar-refractivity contribution in [2.45, 2.75) is 18.2 Å². The number of aryl methyl sites for hydroxylation is 1. The van der Waals surface area contributed by atoms with Gasteiger partial charge in [0.2, 0.25) is 15.7 Å². The average Bonchev–Trinajstić information content (AvgIpc) is 3.25. The minimum Gasteiger partial charge on any atom is -0.326 e. The molecule has 7 heteroatoms. The van der Waals surface area contributed by atoms with Crippen molar-refractivity contribution < 1.29 is 13.2 Å². The van der Waals surface area contributed by atoms with Gasteiger partial charge in [0.05, 0.1) is 22.7 Å². The summed E-state index contributed by atoms with van der Waals surface area (Å²) in [4.78, 5) is 17.9. The van der Waals surface area contributed by atoms with Crippen LogP contribution in [0.4, 0.5) is 5.69 Å². The zero-order valence-electron chi connectivity index (χ0n) is 16.7. The van der Waals surface area contributed by atoms with Crippen molar-refractivity contribution in [3.05, 3.63) is 89.1 Å². The van der Waals surface area contributed by atoms with Gasteiger partial charge in [0.25, 0.3) is 0 Å². The van der Waals surface area contributed by atoms with Crippen LogP contribution in [-0.2, 0) is 21.1 Å². The van der Waals surface area contributed by atoms with Crippen molar-refractivity contribution in [1.82, 2.24) is 9.38 Å². The molecule has 0 aliphatic carbocycles. The van der Waals surface area contributed by atoms with Crippen molar-refractivity contribution in [2.24, 2.45) is 0 Å². The van der Waals surface area contributed by atoms with Crippen LogP contribution in [0.1, 0.15) is 16.8 Å². The van der Waals surface area contributed by atoms with Gasteiger partial charge in [-0.1, -0.05) is 36.4 Å². The lowest BCUT2D eigenvalue weighted by molar-refractivity contribution is -0.115. The van der Waals surface area contributed by atoms with Gasteiger partial charge < -0.3 is 9.72 Å². The average molecular weight is 430 g/mol. The normalized spacial score (nSPS) is 14.0. The molecular formula is C24H19N3O3S. The Balaban J connectivity index is 1.49. The first-order valence-corrected chi connectivity index (χ1v) is 11.4. The number of rotatable bonds is 4. The predicted octanol–water partition coefficient (Wildman–Crippen LogP) is 4.25. The highest BCUT2D eigenvalue weighted by Crippen LogP contribution is 2.30. The number of nitrogens with zero attached hydrogens (tertiary/aromatic N) is 2. The van der Waals surface area contributed by atoms with Crippen LogP contribution in [0.2, 0.25) is 0 Å². The molecule has 0 saturated carbocycles. The molecule has 31 heavy (non-hydrogen) atoms. The third-order valence-corrected chi connectivity index (χ3v) is 6.75. The standard InChI is InChI=1S/C24H19N3O3S/c1-16-9-11-27-20(24(26-22(27)13-16)18-5-3-2-4-6-18)15-23(28)25-19-8-7-17-10-12-31(29,30)21(17)14-19/h2-14H,15H2,1H3,(H,25,28). The van der Waals surface area contributed by atoms with E-state index in [9.17, 15) is 13.2 Å². The van der Waals surface area contributed by atoms with Gasteiger partial charge in [-0.15, -0.1) is 0 Å². The summed E-state index contributed by atoms with van der Waals surface area (Å²) in [5.74, 6) is -0.247. The Bertz CT molecular complexity index is 1470. The molecule has 0 spiro atoms. The summed E-state index contributed by atoms with van der Waals surface area (Å²) in [5.41, 5.74) is 5.39. The van der Waals surface area contributed by atoms with E-state index in [-0.39, 0.29) is 17.2 Å². The maximum absolute atomic E-state index is 12.9. The van der Waals surface area contributed by atoms with E-state index in [1.54, 1.807) is 18.2 Å². The fourth-order valence-electron chi connectivity index (χ4n) is 3.78. The number of anilines is 1. The molecule has 1 aliphatic rings. The van der Waals surface area contributed by atoms with Crippen LogP contribution < -0.4 is 5.32 Å². The fourth-order valence-corrected chi connectivity index (χ4v) is 5.01. The zero-order chi connectivity index (χ0) is 21.6. The zero-order valence-corrected chi connectivity index (χ0v) is 17.6. The molecule has 0 atom stereocenters. The maximum Gasteiger partial charge on any atom is 0.230 e. The van der Waals surface area contributed by atoms with Crippen LogP contribution >= 0.6 is 0 Å². The summed E-state index contributed by atoms with van der Waals surface area (Å²) >= 11 is 0. The van der Waals surface area contributed by atoms with Crippen LogP contribution in [0.3, 0.4) is 0 Å². The van der Waals surface area contributed by atoms with Gasteiger partial charge in [-0.2, -0.15) is 0 Å². The molecule has 0 unspecified atom stereocenters. The Kier molecular flexibility index (Phi) is 4.48. The number of pyridine rings is 1. The van der Waals surface area contributed by atoms with Crippen LogP contribution in [0.25, 0.3) is 23.0 Å². The summed E-state index contributed by atoms with van der Waals surface area (Å²) in [6, 6.07) is 18.6. The van der Waals surface area contributed by atoms with Gasteiger partial charge in [-0.05, 0) is 48.4 Å². The Morgan fingerprint density at radius 2 is 1.87 bits per heavy atom. The van der Waals surface area contributed by atoms with E-state index in [2.05, 4.69) is 5.32 Å². The first-order chi connectivity index (χ1) is 14.9. The largest absolute Gasteiger partial charge is 0.326 e. The lowest BCUT2D eigenvalue weighted by Crippen LogP contribution is -2.16. The van der Waals surface area contributed by atoms with Crippen molar-refractivity contribution in [1.29, 1.82) is 0 Å². The number of hydrogen-bond acceptors (Lipinski definition) is 4. The Morgan fingerprint density at radius 3 is 2.68 bits per heavy atom. The molecule has 0 fully saturated rings. The monoisotopic (exact) mass is 429 g/mol. The molecule has 1 amide bonds. The molecule has 3 heterocycles. The van der Waals surface area contributed by atoms with Gasteiger partial charge in [-0.3, -0.25) is 4.79 Å². The maximum atomic E-state index is 12.9. The molecule has 2 aromatic heterocycles. The van der Waals surface area contributed by atoms with Crippen molar-refractivity contribution in [3.8, 4) is 11.3 Å². The smallest absolute Gasteiger partial charge is 0.230 e. The number of imidazole rings is 1. The Labute approximate surface area is 179 Å². The van der Waals surface area contributed by atoms with Crippen molar-refractivity contribution in [3.63, 3.8) is 0 Å². The highest BCUT2D eigenvalue weighted by atomic mass is 32.2. The quantitative estimate of drug-likeness (QED) is 0.526. The lowest BCUT2D eigenvalue weighted by atomic mass is 10.1. The highest BCUT2D eigenvalue weighted by Gasteiger charge is 2.22. The molecule has 2 aromatic carbocycles. The molecule has 5 rings (SSSR count). The van der Waals surface area contributed by atoms with Crippen LogP contribution in [0.15, 0.2) is 77.2 Å². The first-order valence-electron chi connectivity index (χ1n) is 9.81. The fraction of sp³-hybridized carbons (Fsp3) is 0.0833. The second kappa shape index (κ2) is 7.21.